The van der Waals surface area contributed by atoms with Crippen LogP contribution in [0.25, 0.3) is 32.9 Å². The van der Waals surface area contributed by atoms with E-state index in [9.17, 15) is 23.2 Å². The number of hydrogen-bond donors (Lipinski definition) is 1. The van der Waals surface area contributed by atoms with E-state index in [1.54, 1.807) is 25.1 Å². The maximum absolute atomic E-state index is 17.1. The van der Waals surface area contributed by atoms with Gasteiger partial charge in [-0.2, -0.15) is 5.26 Å². The summed E-state index contributed by atoms with van der Waals surface area (Å²) in [6.07, 6.45) is -4.55. The Morgan fingerprint density at radius 2 is 1.96 bits per heavy atom. The Bertz CT molecular complexity index is 2180. The van der Waals surface area contributed by atoms with Gasteiger partial charge in [0.1, 0.15) is 5.52 Å². The third-order valence-electron chi connectivity index (χ3n) is 12.0. The number of fused-ring (bicyclic) bond motifs is 6. The molecule has 3 saturated heterocycles. The SMILES string of the molecule is Cc1nc2c(F)c(-c3cccc(Cl)c3Cl)c(CCC#N)cc2c2c1cc(C1C3CC(CC3OC(F)(F)F)N1C(=O)C1(F)CC1)n2C1C2CNC1C2. The Kier molecular flexibility index (Phi) is 7.52. The molecule has 266 valence electrons. The lowest BCUT2D eigenvalue weighted by Gasteiger charge is -2.43. The topological polar surface area (TPSA) is 83.2 Å². The fourth-order valence-electron chi connectivity index (χ4n) is 9.58. The van der Waals surface area contributed by atoms with Gasteiger partial charge in [0.2, 0.25) is 0 Å². The summed E-state index contributed by atoms with van der Waals surface area (Å²) in [6, 6.07) is 9.14. The van der Waals surface area contributed by atoms with Gasteiger partial charge in [-0.1, -0.05) is 35.3 Å². The normalized spacial score (nSPS) is 28.8. The van der Waals surface area contributed by atoms with Crippen molar-refractivity contribution in [2.24, 2.45) is 11.8 Å². The van der Waals surface area contributed by atoms with Gasteiger partial charge in [-0.15, -0.1) is 13.2 Å². The van der Waals surface area contributed by atoms with E-state index >= 15 is 8.78 Å². The molecule has 10 rings (SSSR count). The Labute approximate surface area is 299 Å². The van der Waals surface area contributed by atoms with Gasteiger partial charge in [-0.25, -0.2) is 13.8 Å². The number of aromatic nitrogens is 2. The zero-order valence-electron chi connectivity index (χ0n) is 27.3. The van der Waals surface area contributed by atoms with E-state index in [4.69, 9.17) is 28.2 Å². The van der Waals surface area contributed by atoms with Gasteiger partial charge in [0, 0.05) is 64.3 Å². The maximum atomic E-state index is 17.1. The number of piperidine rings is 1. The molecule has 1 amide bonds. The van der Waals surface area contributed by atoms with Gasteiger partial charge < -0.3 is 14.8 Å². The molecular weight excluding hydrogens is 712 g/mol. The number of rotatable bonds is 7. The number of nitrogens with zero attached hydrogens (tertiary/aromatic N) is 4. The van der Waals surface area contributed by atoms with Crippen molar-refractivity contribution in [2.45, 2.75) is 94.2 Å². The molecule has 7 unspecified atom stereocenters. The maximum Gasteiger partial charge on any atom is 0.522 e. The molecule has 0 spiro atoms. The molecule has 3 saturated carbocycles. The van der Waals surface area contributed by atoms with Crippen molar-refractivity contribution in [3.05, 3.63) is 63.1 Å². The first kappa shape index (κ1) is 33.3. The van der Waals surface area contributed by atoms with Crippen LogP contribution in [-0.4, -0.2) is 57.1 Å². The van der Waals surface area contributed by atoms with Crippen molar-refractivity contribution >= 4 is 50.9 Å². The first-order chi connectivity index (χ1) is 24.3. The van der Waals surface area contributed by atoms with Crippen molar-refractivity contribution in [3.8, 4) is 17.2 Å². The van der Waals surface area contributed by atoms with Gasteiger partial charge in [0.05, 0.1) is 39.8 Å². The highest BCUT2D eigenvalue weighted by atomic mass is 35.5. The highest BCUT2D eigenvalue weighted by molar-refractivity contribution is 6.43. The summed E-state index contributed by atoms with van der Waals surface area (Å²) < 4.78 is 80.6. The molecule has 0 radical (unpaired) electrons. The van der Waals surface area contributed by atoms with E-state index in [1.165, 1.54) is 4.90 Å². The fraction of sp³-hybridized carbons (Fsp3) is 0.486. The second-order valence-corrected chi connectivity index (χ2v) is 15.6. The van der Waals surface area contributed by atoms with E-state index in [0.717, 1.165) is 13.0 Å². The largest absolute Gasteiger partial charge is 0.522 e. The second kappa shape index (κ2) is 11.5. The summed E-state index contributed by atoms with van der Waals surface area (Å²) in [5, 5.41) is 14.6. The lowest BCUT2D eigenvalue weighted by atomic mass is 9.79. The molecule has 6 fully saturated rings. The Morgan fingerprint density at radius 1 is 1.18 bits per heavy atom. The van der Waals surface area contributed by atoms with Crippen molar-refractivity contribution in [1.29, 1.82) is 5.26 Å². The first-order valence-corrected chi connectivity index (χ1v) is 18.0. The quantitative estimate of drug-likeness (QED) is 0.192. The molecule has 1 N–H and O–H groups in total. The van der Waals surface area contributed by atoms with Crippen LogP contribution in [-0.2, 0) is 16.0 Å². The van der Waals surface area contributed by atoms with E-state index < -0.39 is 47.9 Å². The number of carbonyl (C=O) groups excluding carboxylic acids is 1. The smallest absolute Gasteiger partial charge is 0.337 e. The predicted molar refractivity (Wildman–Crippen MR) is 180 cm³/mol. The number of alkyl halides is 4. The third-order valence-corrected chi connectivity index (χ3v) is 12.8. The van der Waals surface area contributed by atoms with Crippen LogP contribution in [0.3, 0.4) is 0 Å². The number of amides is 1. The van der Waals surface area contributed by atoms with Gasteiger partial charge >= 0.3 is 6.36 Å². The van der Waals surface area contributed by atoms with Crippen LogP contribution >= 0.6 is 23.2 Å². The lowest BCUT2D eigenvalue weighted by Crippen LogP contribution is -2.50. The molecule has 3 aliphatic carbocycles. The third kappa shape index (κ3) is 5.02. The monoisotopic (exact) mass is 743 g/mol. The van der Waals surface area contributed by atoms with Gasteiger partial charge in [-0.3, -0.25) is 9.53 Å². The summed E-state index contributed by atoms with van der Waals surface area (Å²) in [5.41, 5.74) is 0.807. The number of aryl methyl sites for hydroxylation is 2. The van der Waals surface area contributed by atoms with E-state index in [-0.39, 0.29) is 77.7 Å². The van der Waals surface area contributed by atoms with Crippen molar-refractivity contribution in [1.82, 2.24) is 19.8 Å². The van der Waals surface area contributed by atoms with Crippen LogP contribution in [0.2, 0.25) is 10.0 Å². The minimum Gasteiger partial charge on any atom is -0.337 e. The average molecular weight is 745 g/mol. The van der Waals surface area contributed by atoms with E-state index in [2.05, 4.69) is 20.7 Å². The average Bonchev–Trinajstić information content (AvgIpc) is 3.63. The number of ether oxygens (including phenoxy) is 1. The zero-order valence-corrected chi connectivity index (χ0v) is 28.8. The van der Waals surface area contributed by atoms with Gasteiger partial charge in [0.25, 0.3) is 5.91 Å². The Hall–Kier alpha value is -3.50. The summed E-state index contributed by atoms with van der Waals surface area (Å²) in [6.45, 7) is 2.47. The van der Waals surface area contributed by atoms with E-state index in [1.807, 2.05) is 12.1 Å². The number of nitrogens with one attached hydrogen (secondary N) is 1. The highest BCUT2D eigenvalue weighted by Gasteiger charge is 2.63. The van der Waals surface area contributed by atoms with Crippen LogP contribution in [0.5, 0.6) is 0 Å². The summed E-state index contributed by atoms with van der Waals surface area (Å²) >= 11 is 13.0. The zero-order chi connectivity index (χ0) is 35.7. The molecular formula is C37H32Cl2F5N5O2. The Morgan fingerprint density at radius 3 is 2.63 bits per heavy atom. The van der Waals surface area contributed by atoms with Crippen molar-refractivity contribution in [3.63, 3.8) is 0 Å². The van der Waals surface area contributed by atoms with Crippen LogP contribution < -0.4 is 5.32 Å². The molecule has 6 aliphatic rings. The summed E-state index contributed by atoms with van der Waals surface area (Å²) in [4.78, 5) is 20.1. The van der Waals surface area contributed by atoms with Crippen LogP contribution in [0.4, 0.5) is 22.0 Å². The Balaban J connectivity index is 1.31. The number of pyridine rings is 1. The standard InChI is InChI=1S/C37H32Cl2F5N5O2/c1-16-21-14-26(34-22-12-19(13-27(22)51-37(42,43)44)48(34)35(50)36(41)7-8-36)49(32-18-11-25(32)46-15-18)33(21)23-10-17(4-3-9-45)28(30(40)31(23)47-16)20-5-2-6-24(38)29(20)39/h2,5-6,10,14,18-19,22,25,27,32,34,46H,3-4,7-8,11-13,15H2,1H3. The van der Waals surface area contributed by atoms with Crippen LogP contribution in [0.1, 0.15) is 67.6 Å². The molecule has 51 heavy (non-hydrogen) atoms. The molecule has 4 bridgehead atoms. The highest BCUT2D eigenvalue weighted by Crippen LogP contribution is 2.58. The van der Waals surface area contributed by atoms with Crippen molar-refractivity contribution < 1.29 is 31.5 Å². The van der Waals surface area contributed by atoms with Gasteiger partial charge in [-0.05, 0) is 75.1 Å². The number of nitriles is 1. The fourth-order valence-corrected chi connectivity index (χ4v) is 9.98. The lowest BCUT2D eigenvalue weighted by molar-refractivity contribution is -0.349. The molecule has 3 aliphatic heterocycles. The summed E-state index contributed by atoms with van der Waals surface area (Å²) in [5.74, 6) is -1.89. The molecule has 5 heterocycles. The molecule has 2 aromatic heterocycles. The van der Waals surface area contributed by atoms with Crippen molar-refractivity contribution in [2.75, 3.05) is 6.54 Å². The first-order valence-electron chi connectivity index (χ1n) is 17.3. The molecule has 7 nitrogen and oxygen atoms in total. The molecule has 2 aromatic carbocycles. The number of likely N-dealkylation sites (tertiary alicyclic amines) is 1. The van der Waals surface area contributed by atoms with Crippen LogP contribution in [0, 0.1) is 35.9 Å². The second-order valence-electron chi connectivity index (χ2n) is 14.8. The molecule has 4 aromatic rings. The molecule has 7 atom stereocenters. The summed E-state index contributed by atoms with van der Waals surface area (Å²) in [7, 11) is 0. The minimum absolute atomic E-state index is 0.0369. The van der Waals surface area contributed by atoms with Crippen LogP contribution in [0.15, 0.2) is 30.3 Å². The van der Waals surface area contributed by atoms with Gasteiger partial charge in [0.15, 0.2) is 11.5 Å². The minimum atomic E-state index is -4.88. The predicted octanol–water partition coefficient (Wildman–Crippen LogP) is 8.67. The molecule has 14 heteroatoms. The number of halogens is 7. The number of carbonyl (C=O) groups is 1. The van der Waals surface area contributed by atoms with E-state index in [0.29, 0.717) is 38.8 Å². The number of benzene rings is 2. The number of hydrogen-bond acceptors (Lipinski definition) is 5.